The predicted molar refractivity (Wildman–Crippen MR) is 68.0 cm³/mol. The number of halogens is 1. The van der Waals surface area contributed by atoms with Gasteiger partial charge in [0, 0.05) is 17.7 Å². The van der Waals surface area contributed by atoms with Crippen LogP contribution in [0.15, 0.2) is 23.1 Å². The number of hydrogen-bond acceptors (Lipinski definition) is 4. The van der Waals surface area contributed by atoms with Crippen molar-refractivity contribution in [2.45, 2.75) is 23.8 Å². The molecule has 0 radical (unpaired) electrons. The van der Waals surface area contributed by atoms with E-state index in [1.54, 1.807) is 18.2 Å². The summed E-state index contributed by atoms with van der Waals surface area (Å²) in [5.41, 5.74) is 0.366. The van der Waals surface area contributed by atoms with Crippen molar-refractivity contribution in [3.05, 3.63) is 28.8 Å². The first-order valence-corrected chi connectivity index (χ1v) is 6.26. The van der Waals surface area contributed by atoms with E-state index in [-0.39, 0.29) is 6.10 Å². The van der Waals surface area contributed by atoms with Crippen LogP contribution in [0.25, 0.3) is 0 Å². The molecule has 1 aliphatic rings. The lowest BCUT2D eigenvalue weighted by molar-refractivity contribution is -0.0159. The highest BCUT2D eigenvalue weighted by Gasteiger charge is 2.20. The van der Waals surface area contributed by atoms with E-state index in [4.69, 9.17) is 21.1 Å². The van der Waals surface area contributed by atoms with E-state index in [9.17, 15) is 4.79 Å². The van der Waals surface area contributed by atoms with Gasteiger partial charge in [-0.25, -0.2) is 4.79 Å². The summed E-state index contributed by atoms with van der Waals surface area (Å²) < 4.78 is 10.6. The fraction of sp³-hybridized carbons (Fsp3) is 0.417. The van der Waals surface area contributed by atoms with Crippen molar-refractivity contribution in [1.29, 1.82) is 0 Å². The predicted octanol–water partition coefficient (Wildman–Crippen LogP) is 2.96. The first kappa shape index (κ1) is 12.7. The van der Waals surface area contributed by atoms with Gasteiger partial charge in [-0.2, -0.15) is 0 Å². The molecule has 0 amide bonds. The van der Waals surface area contributed by atoms with Crippen molar-refractivity contribution in [2.75, 3.05) is 13.2 Å². The summed E-state index contributed by atoms with van der Waals surface area (Å²) >= 11 is 10.1. The molecule has 1 aromatic rings. The molecule has 0 N–H and O–H groups in total. The number of carbonyl (C=O) groups is 1. The van der Waals surface area contributed by atoms with Crippen LogP contribution in [0.2, 0.25) is 5.02 Å². The summed E-state index contributed by atoms with van der Waals surface area (Å²) in [7, 11) is 0. The maximum absolute atomic E-state index is 11.9. The Morgan fingerprint density at radius 2 is 2.12 bits per heavy atom. The molecule has 0 bridgehead atoms. The molecule has 3 nitrogen and oxygen atoms in total. The van der Waals surface area contributed by atoms with E-state index in [2.05, 4.69) is 12.6 Å². The van der Waals surface area contributed by atoms with Crippen molar-refractivity contribution in [2.24, 2.45) is 0 Å². The van der Waals surface area contributed by atoms with Gasteiger partial charge in [-0.3, -0.25) is 0 Å². The van der Waals surface area contributed by atoms with Gasteiger partial charge in [-0.1, -0.05) is 11.6 Å². The first-order chi connectivity index (χ1) is 8.16. The SMILES string of the molecule is O=C(OC1CCOCC1)c1cc(S)ccc1Cl. The van der Waals surface area contributed by atoms with Crippen molar-refractivity contribution < 1.29 is 14.3 Å². The van der Waals surface area contributed by atoms with Gasteiger partial charge in [0.2, 0.25) is 0 Å². The Bertz CT molecular complexity index is 416. The van der Waals surface area contributed by atoms with Crippen LogP contribution < -0.4 is 0 Å². The summed E-state index contributed by atoms with van der Waals surface area (Å²) in [4.78, 5) is 12.6. The molecule has 1 heterocycles. The molecule has 1 fully saturated rings. The Labute approximate surface area is 110 Å². The summed E-state index contributed by atoms with van der Waals surface area (Å²) in [5.74, 6) is -0.391. The van der Waals surface area contributed by atoms with Crippen LogP contribution in [-0.4, -0.2) is 25.3 Å². The molecule has 0 aliphatic carbocycles. The fourth-order valence-electron chi connectivity index (χ4n) is 1.68. The van der Waals surface area contributed by atoms with Crippen LogP contribution in [0.5, 0.6) is 0 Å². The minimum atomic E-state index is -0.391. The van der Waals surface area contributed by atoms with Gasteiger partial charge >= 0.3 is 5.97 Å². The van der Waals surface area contributed by atoms with E-state index < -0.39 is 5.97 Å². The largest absolute Gasteiger partial charge is 0.459 e. The lowest BCUT2D eigenvalue weighted by Crippen LogP contribution is -2.26. The van der Waals surface area contributed by atoms with Gasteiger partial charge in [-0.15, -0.1) is 12.6 Å². The van der Waals surface area contributed by atoms with E-state index in [1.807, 2.05) is 0 Å². The number of ether oxygens (including phenoxy) is 2. The monoisotopic (exact) mass is 272 g/mol. The molecule has 5 heteroatoms. The second-order valence-electron chi connectivity index (χ2n) is 3.88. The van der Waals surface area contributed by atoms with Crippen LogP contribution in [0, 0.1) is 0 Å². The second kappa shape index (κ2) is 5.76. The Kier molecular flexibility index (Phi) is 4.31. The Balaban J connectivity index is 2.05. The van der Waals surface area contributed by atoms with Gasteiger partial charge in [-0.05, 0) is 18.2 Å². The third-order valence-electron chi connectivity index (χ3n) is 2.61. The minimum Gasteiger partial charge on any atom is -0.459 e. The molecule has 1 aromatic carbocycles. The molecular formula is C12H13ClO3S. The van der Waals surface area contributed by atoms with Gasteiger partial charge in [0.1, 0.15) is 6.10 Å². The summed E-state index contributed by atoms with van der Waals surface area (Å²) in [5, 5.41) is 0.389. The molecule has 0 spiro atoms. The molecule has 1 aliphatic heterocycles. The van der Waals surface area contributed by atoms with Crippen LogP contribution in [0.4, 0.5) is 0 Å². The zero-order valence-electron chi connectivity index (χ0n) is 9.19. The molecule has 0 saturated carbocycles. The molecule has 0 unspecified atom stereocenters. The van der Waals surface area contributed by atoms with E-state index in [0.717, 1.165) is 12.8 Å². The van der Waals surface area contributed by atoms with Crippen molar-refractivity contribution >= 4 is 30.2 Å². The molecule has 1 saturated heterocycles. The third-order valence-corrected chi connectivity index (χ3v) is 3.22. The van der Waals surface area contributed by atoms with E-state index >= 15 is 0 Å². The molecule has 0 aromatic heterocycles. The van der Waals surface area contributed by atoms with Crippen molar-refractivity contribution in [1.82, 2.24) is 0 Å². The highest BCUT2D eigenvalue weighted by atomic mass is 35.5. The Hall–Kier alpha value is -0.710. The maximum atomic E-state index is 11.9. The minimum absolute atomic E-state index is 0.0732. The molecular weight excluding hydrogens is 260 g/mol. The third kappa shape index (κ3) is 3.37. The normalized spacial score (nSPS) is 16.8. The van der Waals surface area contributed by atoms with Gasteiger partial charge in [0.25, 0.3) is 0 Å². The Morgan fingerprint density at radius 1 is 1.41 bits per heavy atom. The highest BCUT2D eigenvalue weighted by Crippen LogP contribution is 2.22. The van der Waals surface area contributed by atoms with Crippen LogP contribution in [0.3, 0.4) is 0 Å². The molecule has 92 valence electrons. The summed E-state index contributed by atoms with van der Waals surface area (Å²) in [6, 6.07) is 4.99. The summed E-state index contributed by atoms with van der Waals surface area (Å²) in [6.07, 6.45) is 1.41. The van der Waals surface area contributed by atoms with Gasteiger partial charge in [0.05, 0.1) is 23.8 Å². The maximum Gasteiger partial charge on any atom is 0.339 e. The molecule has 2 rings (SSSR count). The number of benzene rings is 1. The summed E-state index contributed by atoms with van der Waals surface area (Å²) in [6.45, 7) is 1.27. The van der Waals surface area contributed by atoms with Gasteiger partial charge < -0.3 is 9.47 Å². The lowest BCUT2D eigenvalue weighted by atomic mass is 10.1. The topological polar surface area (TPSA) is 35.5 Å². The van der Waals surface area contributed by atoms with E-state index in [1.165, 1.54) is 0 Å². The molecule has 17 heavy (non-hydrogen) atoms. The first-order valence-electron chi connectivity index (χ1n) is 5.44. The average Bonchev–Trinajstić information content (AvgIpc) is 2.33. The zero-order chi connectivity index (χ0) is 12.3. The van der Waals surface area contributed by atoms with Crippen molar-refractivity contribution in [3.8, 4) is 0 Å². The van der Waals surface area contributed by atoms with Crippen LogP contribution in [0.1, 0.15) is 23.2 Å². The number of hydrogen-bond donors (Lipinski definition) is 1. The standard InChI is InChI=1S/C12H13ClO3S/c13-11-2-1-9(17)7-10(11)12(14)16-8-3-5-15-6-4-8/h1-2,7-8,17H,3-6H2. The smallest absolute Gasteiger partial charge is 0.339 e. The van der Waals surface area contributed by atoms with Crippen molar-refractivity contribution in [3.63, 3.8) is 0 Å². The zero-order valence-corrected chi connectivity index (χ0v) is 10.8. The van der Waals surface area contributed by atoms with Gasteiger partial charge in [0.15, 0.2) is 0 Å². The van der Waals surface area contributed by atoms with Crippen LogP contribution in [-0.2, 0) is 9.47 Å². The second-order valence-corrected chi connectivity index (χ2v) is 4.80. The number of esters is 1. The Morgan fingerprint density at radius 3 is 2.82 bits per heavy atom. The quantitative estimate of drug-likeness (QED) is 0.664. The number of thiol groups is 1. The van der Waals surface area contributed by atoms with Crippen LogP contribution >= 0.6 is 24.2 Å². The van der Waals surface area contributed by atoms with E-state index in [0.29, 0.717) is 28.7 Å². The lowest BCUT2D eigenvalue weighted by Gasteiger charge is -2.22. The average molecular weight is 273 g/mol. The molecule has 0 atom stereocenters. The highest BCUT2D eigenvalue weighted by molar-refractivity contribution is 7.80. The number of carbonyl (C=O) groups excluding carboxylic acids is 1. The fourth-order valence-corrected chi connectivity index (χ4v) is 2.08. The number of rotatable bonds is 2.